The van der Waals surface area contributed by atoms with Crippen LogP contribution >= 0.6 is 24.8 Å². The van der Waals surface area contributed by atoms with E-state index in [2.05, 4.69) is 6.92 Å². The molecule has 0 amide bonds. The third-order valence-electron chi connectivity index (χ3n) is 2.68. The fourth-order valence-corrected chi connectivity index (χ4v) is 1.72. The van der Waals surface area contributed by atoms with Gasteiger partial charge in [-0.25, -0.2) is 0 Å². The van der Waals surface area contributed by atoms with Crippen molar-refractivity contribution < 1.29 is 4.79 Å². The zero-order valence-electron chi connectivity index (χ0n) is 10.6. The van der Waals surface area contributed by atoms with Crippen molar-refractivity contribution in [2.75, 3.05) is 0 Å². The zero-order valence-corrected chi connectivity index (χ0v) is 12.2. The van der Waals surface area contributed by atoms with Crippen LogP contribution in [0.2, 0.25) is 0 Å². The third kappa shape index (κ3) is 19.8. The van der Waals surface area contributed by atoms with Gasteiger partial charge in [-0.1, -0.05) is 64.7 Å². The highest BCUT2D eigenvalue weighted by atomic mass is 35.5. The number of rotatable bonds is 11. The van der Waals surface area contributed by atoms with Crippen molar-refractivity contribution in [3.05, 3.63) is 0 Å². The van der Waals surface area contributed by atoms with Gasteiger partial charge in [-0.15, -0.1) is 24.8 Å². The minimum absolute atomic E-state index is 0. The summed E-state index contributed by atoms with van der Waals surface area (Å²) in [4.78, 5) is 10.0. The van der Waals surface area contributed by atoms with Gasteiger partial charge >= 0.3 is 0 Å². The summed E-state index contributed by atoms with van der Waals surface area (Å²) in [7, 11) is 0. The third-order valence-corrected chi connectivity index (χ3v) is 2.68. The highest BCUT2D eigenvalue weighted by Crippen LogP contribution is 2.10. The molecule has 0 radical (unpaired) electrons. The van der Waals surface area contributed by atoms with Crippen LogP contribution in [0.5, 0.6) is 0 Å². The Kier molecular flexibility index (Phi) is 27.8. The molecule has 0 aromatic carbocycles. The van der Waals surface area contributed by atoms with Crippen LogP contribution in [0.25, 0.3) is 0 Å². The van der Waals surface area contributed by atoms with Gasteiger partial charge in [-0.05, 0) is 6.42 Å². The molecule has 3 heteroatoms. The molecule has 1 nitrogen and oxygen atoms in total. The van der Waals surface area contributed by atoms with E-state index in [0.29, 0.717) is 0 Å². The number of carbonyl (C=O) groups is 1. The lowest BCUT2D eigenvalue weighted by atomic mass is 10.1. The summed E-state index contributed by atoms with van der Waals surface area (Å²) >= 11 is 0. The molecule has 100 valence electrons. The van der Waals surface area contributed by atoms with Crippen molar-refractivity contribution in [3.8, 4) is 0 Å². The maximum atomic E-state index is 10.0. The molecule has 0 bridgehead atoms. The topological polar surface area (TPSA) is 17.1 Å². The van der Waals surface area contributed by atoms with Gasteiger partial charge < -0.3 is 4.79 Å². The Labute approximate surface area is 114 Å². The molecule has 16 heavy (non-hydrogen) atoms. The first-order valence-corrected chi connectivity index (χ1v) is 6.35. The largest absolute Gasteiger partial charge is 0.303 e. The molecule has 0 rings (SSSR count). The molecule has 0 spiro atoms. The average molecular weight is 271 g/mol. The van der Waals surface area contributed by atoms with Gasteiger partial charge in [-0.2, -0.15) is 0 Å². The highest BCUT2D eigenvalue weighted by molar-refractivity contribution is 5.85. The van der Waals surface area contributed by atoms with Gasteiger partial charge in [0.15, 0.2) is 0 Å². The van der Waals surface area contributed by atoms with Gasteiger partial charge in [-0.3, -0.25) is 0 Å². The lowest BCUT2D eigenvalue weighted by molar-refractivity contribution is -0.107. The van der Waals surface area contributed by atoms with Gasteiger partial charge in [0.1, 0.15) is 6.29 Å². The molecule has 0 aliphatic rings. The molecule has 0 saturated carbocycles. The van der Waals surface area contributed by atoms with Gasteiger partial charge in [0.25, 0.3) is 0 Å². The van der Waals surface area contributed by atoms with E-state index in [-0.39, 0.29) is 24.8 Å². The minimum atomic E-state index is 0. The van der Waals surface area contributed by atoms with Crippen molar-refractivity contribution >= 4 is 31.1 Å². The molecular formula is C13H28Cl2O. The van der Waals surface area contributed by atoms with Crippen LogP contribution in [0.15, 0.2) is 0 Å². The van der Waals surface area contributed by atoms with E-state index in [1.807, 2.05) is 0 Å². The molecule has 0 heterocycles. The maximum Gasteiger partial charge on any atom is 0.119 e. The van der Waals surface area contributed by atoms with Crippen molar-refractivity contribution in [1.82, 2.24) is 0 Å². The molecule has 0 aliphatic carbocycles. The fraction of sp³-hybridized carbons (Fsp3) is 0.923. The van der Waals surface area contributed by atoms with Crippen LogP contribution in [-0.2, 0) is 4.79 Å². The first kappa shape index (κ1) is 21.5. The van der Waals surface area contributed by atoms with Crippen molar-refractivity contribution in [3.63, 3.8) is 0 Å². The first-order chi connectivity index (χ1) is 6.91. The van der Waals surface area contributed by atoms with E-state index >= 15 is 0 Å². The number of unbranched alkanes of at least 4 members (excludes halogenated alkanes) is 10. The lowest BCUT2D eigenvalue weighted by Gasteiger charge is -2.00. The van der Waals surface area contributed by atoms with Gasteiger partial charge in [0, 0.05) is 6.42 Å². The molecule has 0 aromatic heterocycles. The molecule has 0 fully saturated rings. The average Bonchev–Trinajstić information content (AvgIpc) is 2.21. The standard InChI is InChI=1S/C13H26O.2ClH/c1-2-3-4-5-6-7-8-9-10-11-12-13-14;;/h13H,2-12H2,1H3;2*1H. The predicted molar refractivity (Wildman–Crippen MR) is 77.0 cm³/mol. The molecule has 0 aromatic rings. The van der Waals surface area contributed by atoms with E-state index in [1.165, 1.54) is 57.8 Å². The van der Waals surface area contributed by atoms with E-state index < -0.39 is 0 Å². The maximum absolute atomic E-state index is 10.0. The van der Waals surface area contributed by atoms with E-state index in [9.17, 15) is 4.79 Å². The van der Waals surface area contributed by atoms with Crippen LogP contribution < -0.4 is 0 Å². The van der Waals surface area contributed by atoms with E-state index in [1.54, 1.807) is 0 Å². The number of hydrogen-bond donors (Lipinski definition) is 0. The number of halogens is 2. The summed E-state index contributed by atoms with van der Waals surface area (Å²) in [6.45, 7) is 2.26. The zero-order chi connectivity index (χ0) is 10.5. The second kappa shape index (κ2) is 20.6. The monoisotopic (exact) mass is 270 g/mol. The minimum Gasteiger partial charge on any atom is -0.303 e. The van der Waals surface area contributed by atoms with Gasteiger partial charge in [0.2, 0.25) is 0 Å². The van der Waals surface area contributed by atoms with E-state index in [4.69, 9.17) is 0 Å². The molecule has 0 unspecified atom stereocenters. The SMILES string of the molecule is CCCCCCCCCCCCC=O.Cl.Cl. The quantitative estimate of drug-likeness (QED) is 0.366. The van der Waals surface area contributed by atoms with Crippen molar-refractivity contribution in [1.29, 1.82) is 0 Å². The second-order valence-electron chi connectivity index (χ2n) is 4.14. The van der Waals surface area contributed by atoms with Crippen LogP contribution in [0.4, 0.5) is 0 Å². The number of hydrogen-bond acceptors (Lipinski definition) is 1. The normalized spacial score (nSPS) is 9.06. The molecule has 0 atom stereocenters. The highest BCUT2D eigenvalue weighted by Gasteiger charge is 1.91. The lowest BCUT2D eigenvalue weighted by Crippen LogP contribution is -1.82. The second-order valence-corrected chi connectivity index (χ2v) is 4.14. The van der Waals surface area contributed by atoms with Crippen molar-refractivity contribution in [2.24, 2.45) is 0 Å². The summed E-state index contributed by atoms with van der Waals surface area (Å²) < 4.78 is 0. The molecule has 0 saturated heterocycles. The Morgan fingerprint density at radius 2 is 1.06 bits per heavy atom. The number of carbonyl (C=O) groups excluding carboxylic acids is 1. The summed E-state index contributed by atoms with van der Waals surface area (Å²) in [5, 5.41) is 0. The predicted octanol–water partition coefficient (Wildman–Crippen LogP) is 5.34. The van der Waals surface area contributed by atoms with Crippen LogP contribution in [0.1, 0.15) is 77.6 Å². The summed E-state index contributed by atoms with van der Waals surface area (Å²) in [6.07, 6.45) is 15.2. The fourth-order valence-electron chi connectivity index (χ4n) is 1.72. The summed E-state index contributed by atoms with van der Waals surface area (Å²) in [6, 6.07) is 0. The molecular weight excluding hydrogens is 243 g/mol. The molecule has 0 N–H and O–H groups in total. The van der Waals surface area contributed by atoms with E-state index in [0.717, 1.165) is 19.1 Å². The Morgan fingerprint density at radius 1 is 0.688 bits per heavy atom. The Morgan fingerprint density at radius 3 is 1.44 bits per heavy atom. The smallest absolute Gasteiger partial charge is 0.119 e. The summed E-state index contributed by atoms with van der Waals surface area (Å²) in [5.74, 6) is 0. The Bertz CT molecular complexity index is 119. The Balaban J connectivity index is -0.000000845. The number of aldehydes is 1. The van der Waals surface area contributed by atoms with Crippen molar-refractivity contribution in [2.45, 2.75) is 77.6 Å². The molecule has 0 aliphatic heterocycles. The van der Waals surface area contributed by atoms with Crippen LogP contribution in [-0.4, -0.2) is 6.29 Å². The first-order valence-electron chi connectivity index (χ1n) is 6.35. The van der Waals surface area contributed by atoms with Crippen LogP contribution in [0.3, 0.4) is 0 Å². The van der Waals surface area contributed by atoms with Crippen LogP contribution in [0, 0.1) is 0 Å². The van der Waals surface area contributed by atoms with Gasteiger partial charge in [0.05, 0.1) is 0 Å². The Hall–Kier alpha value is 0.250. The summed E-state index contributed by atoms with van der Waals surface area (Å²) in [5.41, 5.74) is 0.